The lowest BCUT2D eigenvalue weighted by molar-refractivity contribution is -0.137. The number of benzene rings is 2. The third-order valence-corrected chi connectivity index (χ3v) is 4.28. The van der Waals surface area contributed by atoms with Crippen molar-refractivity contribution in [2.24, 2.45) is 0 Å². The molecule has 4 nitrogen and oxygen atoms in total. The maximum atomic E-state index is 13.3. The fourth-order valence-electron chi connectivity index (χ4n) is 3.19. The van der Waals surface area contributed by atoms with E-state index in [0.717, 1.165) is 11.1 Å². The summed E-state index contributed by atoms with van der Waals surface area (Å²) in [5.74, 6) is -2.36. The molecule has 0 aromatic heterocycles. The van der Waals surface area contributed by atoms with Gasteiger partial charge >= 0.3 is 11.9 Å². The van der Waals surface area contributed by atoms with Gasteiger partial charge in [-0.05, 0) is 58.4 Å². The molecule has 0 fully saturated rings. The van der Waals surface area contributed by atoms with Crippen LogP contribution in [0.25, 0.3) is 11.1 Å². The highest BCUT2D eigenvalue weighted by atomic mass is 19.1. The summed E-state index contributed by atoms with van der Waals surface area (Å²) in [5, 5.41) is 18.7. The molecule has 5 heteroatoms. The molecular weight excluding hydrogens is 323 g/mol. The number of carboxylic acid groups (broad SMARTS) is 2. The average Bonchev–Trinajstić information content (AvgIpc) is 2.55. The largest absolute Gasteiger partial charge is 0.481 e. The molecule has 2 aromatic carbocycles. The number of hydrogen-bond acceptors (Lipinski definition) is 2. The Hall–Kier alpha value is -2.69. The molecule has 0 atom stereocenters. The minimum atomic E-state index is -0.983. The summed E-state index contributed by atoms with van der Waals surface area (Å²) < 4.78 is 13.3. The van der Waals surface area contributed by atoms with E-state index in [9.17, 15) is 24.2 Å². The Labute approximate surface area is 145 Å². The highest BCUT2D eigenvalue weighted by molar-refractivity contribution is 5.84. The van der Waals surface area contributed by atoms with Crippen LogP contribution in [0.3, 0.4) is 0 Å². The van der Waals surface area contributed by atoms with Crippen molar-refractivity contribution < 1.29 is 24.2 Å². The predicted molar refractivity (Wildman–Crippen MR) is 93.3 cm³/mol. The van der Waals surface area contributed by atoms with Crippen LogP contribution in [-0.4, -0.2) is 22.2 Å². The van der Waals surface area contributed by atoms with Crippen molar-refractivity contribution in [2.45, 2.75) is 39.5 Å². The van der Waals surface area contributed by atoms with Gasteiger partial charge in [0.15, 0.2) is 0 Å². The van der Waals surface area contributed by atoms with Crippen LogP contribution in [0.4, 0.5) is 4.39 Å². The van der Waals surface area contributed by atoms with Crippen molar-refractivity contribution in [3.05, 3.63) is 58.4 Å². The van der Waals surface area contributed by atoms with Gasteiger partial charge in [0, 0.05) is 0 Å². The topological polar surface area (TPSA) is 74.6 Å². The molecule has 0 aliphatic heterocycles. The predicted octanol–water partition coefficient (Wildman–Crippen LogP) is 3.87. The molecule has 132 valence electrons. The summed E-state index contributed by atoms with van der Waals surface area (Å²) in [5.41, 5.74) is 4.23. The quantitative estimate of drug-likeness (QED) is 0.799. The maximum absolute atomic E-state index is 13.3. The summed E-state index contributed by atoms with van der Waals surface area (Å²) in [6.45, 7) is 3.87. The first-order valence-electron chi connectivity index (χ1n) is 8.23. The number of rotatable bonds is 7. The van der Waals surface area contributed by atoms with Crippen molar-refractivity contribution in [2.75, 3.05) is 0 Å². The summed E-state index contributed by atoms with van der Waals surface area (Å²) in [6.07, 6.45) is 0.868. The van der Waals surface area contributed by atoms with Gasteiger partial charge in [-0.1, -0.05) is 32.0 Å². The lowest BCUT2D eigenvalue weighted by Gasteiger charge is -2.21. The smallest absolute Gasteiger partial charge is 0.307 e. The van der Waals surface area contributed by atoms with Crippen LogP contribution in [0.15, 0.2) is 30.3 Å². The van der Waals surface area contributed by atoms with E-state index in [2.05, 4.69) is 0 Å². The Balaban J connectivity index is 2.85. The van der Waals surface area contributed by atoms with E-state index in [1.54, 1.807) is 12.1 Å². The summed E-state index contributed by atoms with van der Waals surface area (Å²) in [7, 11) is 0. The Kier molecular flexibility index (Phi) is 5.91. The number of hydrogen-bond donors (Lipinski definition) is 2. The van der Waals surface area contributed by atoms with Crippen molar-refractivity contribution in [1.29, 1.82) is 0 Å². The second-order valence-corrected chi connectivity index (χ2v) is 5.88. The lowest BCUT2D eigenvalue weighted by Crippen LogP contribution is -2.12. The molecule has 0 heterocycles. The van der Waals surface area contributed by atoms with E-state index in [1.165, 1.54) is 12.1 Å². The molecule has 0 radical (unpaired) electrons. The van der Waals surface area contributed by atoms with E-state index < -0.39 is 17.8 Å². The fraction of sp³-hybridized carbons (Fsp3) is 0.300. The molecule has 2 aromatic rings. The number of carboxylic acids is 2. The van der Waals surface area contributed by atoms with Crippen LogP contribution in [-0.2, 0) is 35.3 Å². The molecule has 0 saturated carbocycles. The highest BCUT2D eigenvalue weighted by Gasteiger charge is 2.21. The fourth-order valence-corrected chi connectivity index (χ4v) is 3.19. The Morgan fingerprint density at radius 3 is 1.68 bits per heavy atom. The second kappa shape index (κ2) is 7.92. The summed E-state index contributed by atoms with van der Waals surface area (Å²) in [6, 6.07) is 7.65. The van der Waals surface area contributed by atoms with Crippen LogP contribution < -0.4 is 0 Å². The molecule has 0 aliphatic carbocycles. The zero-order valence-corrected chi connectivity index (χ0v) is 14.3. The van der Waals surface area contributed by atoms with Crippen LogP contribution in [0.5, 0.6) is 0 Å². The van der Waals surface area contributed by atoms with E-state index in [-0.39, 0.29) is 12.8 Å². The van der Waals surface area contributed by atoms with Crippen molar-refractivity contribution >= 4 is 11.9 Å². The van der Waals surface area contributed by atoms with Gasteiger partial charge in [0.05, 0.1) is 12.8 Å². The van der Waals surface area contributed by atoms with Crippen LogP contribution in [0.2, 0.25) is 0 Å². The van der Waals surface area contributed by atoms with E-state index in [0.29, 0.717) is 35.1 Å². The van der Waals surface area contributed by atoms with Crippen LogP contribution >= 0.6 is 0 Å². The molecular formula is C20H21FO4. The van der Waals surface area contributed by atoms with E-state index in [4.69, 9.17) is 0 Å². The molecule has 2 rings (SSSR count). The summed E-state index contributed by atoms with van der Waals surface area (Å²) in [4.78, 5) is 22.8. The van der Waals surface area contributed by atoms with Gasteiger partial charge in [-0.3, -0.25) is 9.59 Å². The van der Waals surface area contributed by atoms with Crippen molar-refractivity contribution in [3.63, 3.8) is 0 Å². The van der Waals surface area contributed by atoms with E-state index in [1.807, 2.05) is 19.9 Å². The van der Waals surface area contributed by atoms with Crippen LogP contribution in [0.1, 0.15) is 36.1 Å². The summed E-state index contributed by atoms with van der Waals surface area (Å²) >= 11 is 0. The molecule has 0 spiro atoms. The molecule has 0 amide bonds. The molecule has 25 heavy (non-hydrogen) atoms. The zero-order chi connectivity index (χ0) is 18.6. The lowest BCUT2D eigenvalue weighted by atomic mass is 9.83. The monoisotopic (exact) mass is 344 g/mol. The third-order valence-electron chi connectivity index (χ3n) is 4.28. The maximum Gasteiger partial charge on any atom is 0.307 e. The number of carbonyl (C=O) groups is 2. The van der Waals surface area contributed by atoms with Gasteiger partial charge in [-0.25, -0.2) is 4.39 Å². The molecule has 0 saturated heterocycles. The Bertz CT molecular complexity index is 752. The standard InChI is InChI=1S/C20H21FO4/c1-3-12-9-13(4-2)17(11-19(24)25)20(16(12)10-18(22)23)14-5-7-15(21)8-6-14/h5-9H,3-4,10-11H2,1-2H3,(H,22,23)(H,24,25). The SMILES string of the molecule is CCc1cc(CC)c(CC(=O)O)c(-c2ccc(F)cc2)c1CC(=O)O. The number of halogens is 1. The Morgan fingerprint density at radius 1 is 0.880 bits per heavy atom. The third kappa shape index (κ3) is 4.24. The molecule has 0 unspecified atom stereocenters. The first kappa shape index (κ1) is 18.6. The number of aliphatic carboxylic acids is 2. The number of aryl methyl sites for hydroxylation is 2. The van der Waals surface area contributed by atoms with Gasteiger partial charge in [-0.15, -0.1) is 0 Å². The van der Waals surface area contributed by atoms with Gasteiger partial charge in [0.1, 0.15) is 5.82 Å². The minimum absolute atomic E-state index is 0.202. The average molecular weight is 344 g/mol. The minimum Gasteiger partial charge on any atom is -0.481 e. The van der Waals surface area contributed by atoms with E-state index >= 15 is 0 Å². The van der Waals surface area contributed by atoms with Crippen molar-refractivity contribution in [1.82, 2.24) is 0 Å². The highest BCUT2D eigenvalue weighted by Crippen LogP contribution is 2.35. The Morgan fingerprint density at radius 2 is 1.32 bits per heavy atom. The van der Waals surface area contributed by atoms with Gasteiger partial charge in [0.2, 0.25) is 0 Å². The van der Waals surface area contributed by atoms with Gasteiger partial charge < -0.3 is 10.2 Å². The van der Waals surface area contributed by atoms with Gasteiger partial charge in [0.25, 0.3) is 0 Å². The van der Waals surface area contributed by atoms with Gasteiger partial charge in [-0.2, -0.15) is 0 Å². The van der Waals surface area contributed by atoms with Crippen LogP contribution in [0, 0.1) is 5.82 Å². The molecule has 0 bridgehead atoms. The normalized spacial score (nSPS) is 10.7. The van der Waals surface area contributed by atoms with Crippen molar-refractivity contribution in [3.8, 4) is 11.1 Å². The zero-order valence-electron chi connectivity index (χ0n) is 14.3. The molecule has 0 aliphatic rings. The molecule has 2 N–H and O–H groups in total. The first-order valence-corrected chi connectivity index (χ1v) is 8.23. The second-order valence-electron chi connectivity index (χ2n) is 5.88. The first-order chi connectivity index (χ1) is 11.9.